The Hall–Kier alpha value is -2.17. The van der Waals surface area contributed by atoms with E-state index in [0.29, 0.717) is 0 Å². The Balaban J connectivity index is 1.63. The van der Waals surface area contributed by atoms with Crippen LogP contribution >= 0.6 is 27.3 Å². The van der Waals surface area contributed by atoms with Crippen LogP contribution in [0.15, 0.2) is 76.6 Å². The molecule has 0 radical (unpaired) electrons. The van der Waals surface area contributed by atoms with Gasteiger partial charge in [0.1, 0.15) is 0 Å². The van der Waals surface area contributed by atoms with Crippen LogP contribution in [0, 0.1) is 0 Å². The molecule has 0 aliphatic rings. The zero-order chi connectivity index (χ0) is 15.6. The first-order chi connectivity index (χ1) is 11.3. The third kappa shape index (κ3) is 3.14. The summed E-state index contributed by atoms with van der Waals surface area (Å²) in [5, 5.41) is 8.82. The van der Waals surface area contributed by atoms with E-state index in [1.807, 2.05) is 24.3 Å². The van der Waals surface area contributed by atoms with Crippen LogP contribution in [0.2, 0.25) is 0 Å². The molecule has 4 aromatic rings. The average molecular weight is 381 g/mol. The van der Waals surface area contributed by atoms with Gasteiger partial charge in [-0.15, -0.1) is 11.3 Å². The standard InChI is InChI=1S/C19H13BrN2S/c20-16-6-3-7-17(11-16)21-19-22-18(12-23-19)15-9-8-13-4-1-2-5-14(13)10-15/h1-12H,(H,21,22). The van der Waals surface area contributed by atoms with E-state index in [2.05, 4.69) is 69.1 Å². The number of benzene rings is 3. The SMILES string of the molecule is Brc1cccc(Nc2nc(-c3ccc4ccccc4c3)cs2)c1. The van der Waals surface area contributed by atoms with Gasteiger partial charge in [0.15, 0.2) is 5.13 Å². The van der Waals surface area contributed by atoms with Crippen LogP contribution in [0.5, 0.6) is 0 Å². The van der Waals surface area contributed by atoms with E-state index in [1.54, 1.807) is 11.3 Å². The number of thiazole rings is 1. The summed E-state index contributed by atoms with van der Waals surface area (Å²) < 4.78 is 1.05. The summed E-state index contributed by atoms with van der Waals surface area (Å²) in [5.41, 5.74) is 3.17. The molecule has 0 saturated heterocycles. The average Bonchev–Trinajstić information content (AvgIpc) is 3.03. The van der Waals surface area contributed by atoms with Crippen LogP contribution in [-0.2, 0) is 0 Å². The Kier molecular flexibility index (Phi) is 3.85. The van der Waals surface area contributed by atoms with E-state index in [4.69, 9.17) is 4.98 Å². The first kappa shape index (κ1) is 14.4. The number of hydrogen-bond acceptors (Lipinski definition) is 3. The predicted octanol–water partition coefficient (Wildman–Crippen LogP) is 6.47. The van der Waals surface area contributed by atoms with Crippen molar-refractivity contribution in [2.24, 2.45) is 0 Å². The molecular weight excluding hydrogens is 368 g/mol. The smallest absolute Gasteiger partial charge is 0.187 e. The van der Waals surface area contributed by atoms with E-state index in [0.717, 1.165) is 26.5 Å². The third-order valence-corrected chi connectivity index (χ3v) is 4.88. The minimum absolute atomic E-state index is 0.895. The number of halogens is 1. The fourth-order valence-corrected chi connectivity index (χ4v) is 3.64. The molecule has 0 atom stereocenters. The lowest BCUT2D eigenvalue weighted by Gasteiger charge is -2.03. The highest BCUT2D eigenvalue weighted by atomic mass is 79.9. The monoisotopic (exact) mass is 380 g/mol. The fourth-order valence-electron chi connectivity index (χ4n) is 2.50. The molecule has 0 aliphatic carbocycles. The van der Waals surface area contributed by atoms with Gasteiger partial charge >= 0.3 is 0 Å². The van der Waals surface area contributed by atoms with Gasteiger partial charge in [0, 0.05) is 21.1 Å². The molecular formula is C19H13BrN2S. The Labute approximate surface area is 147 Å². The molecule has 23 heavy (non-hydrogen) atoms. The van der Waals surface area contributed by atoms with Crippen LogP contribution in [0.3, 0.4) is 0 Å². The van der Waals surface area contributed by atoms with Gasteiger partial charge in [-0.05, 0) is 35.0 Å². The van der Waals surface area contributed by atoms with E-state index < -0.39 is 0 Å². The van der Waals surface area contributed by atoms with E-state index >= 15 is 0 Å². The molecule has 4 rings (SSSR count). The van der Waals surface area contributed by atoms with Crippen LogP contribution in [0.1, 0.15) is 0 Å². The first-order valence-electron chi connectivity index (χ1n) is 7.25. The lowest BCUT2D eigenvalue weighted by molar-refractivity contribution is 1.38. The van der Waals surface area contributed by atoms with Crippen molar-refractivity contribution < 1.29 is 0 Å². The maximum Gasteiger partial charge on any atom is 0.187 e. The fraction of sp³-hybridized carbons (Fsp3) is 0. The lowest BCUT2D eigenvalue weighted by Crippen LogP contribution is -1.89. The molecule has 1 N–H and O–H groups in total. The van der Waals surface area contributed by atoms with Crippen LogP contribution in [-0.4, -0.2) is 4.98 Å². The zero-order valence-electron chi connectivity index (χ0n) is 12.2. The first-order valence-corrected chi connectivity index (χ1v) is 8.92. The molecule has 0 bridgehead atoms. The second kappa shape index (κ2) is 6.14. The van der Waals surface area contributed by atoms with Crippen molar-refractivity contribution in [3.8, 4) is 11.3 Å². The number of rotatable bonds is 3. The summed E-state index contributed by atoms with van der Waals surface area (Å²) in [4.78, 5) is 4.70. The molecule has 3 aromatic carbocycles. The molecule has 0 aliphatic heterocycles. The summed E-state index contributed by atoms with van der Waals surface area (Å²) in [6.07, 6.45) is 0. The van der Waals surface area contributed by atoms with Gasteiger partial charge in [0.05, 0.1) is 5.69 Å². The second-order valence-electron chi connectivity index (χ2n) is 5.24. The van der Waals surface area contributed by atoms with Crippen molar-refractivity contribution in [2.45, 2.75) is 0 Å². The van der Waals surface area contributed by atoms with Crippen LogP contribution in [0.4, 0.5) is 10.8 Å². The van der Waals surface area contributed by atoms with Gasteiger partial charge in [0.25, 0.3) is 0 Å². The number of nitrogens with zero attached hydrogens (tertiary/aromatic N) is 1. The maximum absolute atomic E-state index is 4.70. The summed E-state index contributed by atoms with van der Waals surface area (Å²) in [5.74, 6) is 0. The van der Waals surface area contributed by atoms with Gasteiger partial charge in [0.2, 0.25) is 0 Å². The molecule has 0 fully saturated rings. The highest BCUT2D eigenvalue weighted by Gasteiger charge is 2.06. The number of fused-ring (bicyclic) bond motifs is 1. The molecule has 112 valence electrons. The van der Waals surface area contributed by atoms with E-state index in [9.17, 15) is 0 Å². The van der Waals surface area contributed by atoms with Gasteiger partial charge in [-0.1, -0.05) is 58.4 Å². The summed E-state index contributed by atoms with van der Waals surface area (Å²) in [6, 6.07) is 22.9. The second-order valence-corrected chi connectivity index (χ2v) is 7.01. The Morgan fingerprint density at radius 3 is 2.61 bits per heavy atom. The Morgan fingerprint density at radius 2 is 1.74 bits per heavy atom. The third-order valence-electron chi connectivity index (χ3n) is 3.63. The molecule has 0 unspecified atom stereocenters. The van der Waals surface area contributed by atoms with Crippen LogP contribution in [0.25, 0.3) is 22.0 Å². The van der Waals surface area contributed by atoms with Gasteiger partial charge < -0.3 is 5.32 Å². The molecule has 0 spiro atoms. The summed E-state index contributed by atoms with van der Waals surface area (Å²) >= 11 is 5.10. The highest BCUT2D eigenvalue weighted by molar-refractivity contribution is 9.10. The maximum atomic E-state index is 4.70. The largest absolute Gasteiger partial charge is 0.332 e. The van der Waals surface area contributed by atoms with E-state index in [1.165, 1.54) is 10.8 Å². The molecule has 0 amide bonds. The van der Waals surface area contributed by atoms with Crippen molar-refractivity contribution in [3.63, 3.8) is 0 Å². The quantitative estimate of drug-likeness (QED) is 0.440. The Morgan fingerprint density at radius 1 is 0.870 bits per heavy atom. The number of aromatic nitrogens is 1. The normalized spacial score (nSPS) is 10.8. The minimum Gasteiger partial charge on any atom is -0.332 e. The zero-order valence-corrected chi connectivity index (χ0v) is 14.6. The highest BCUT2D eigenvalue weighted by Crippen LogP contribution is 2.29. The lowest BCUT2D eigenvalue weighted by atomic mass is 10.1. The number of nitrogens with one attached hydrogen (secondary N) is 1. The summed E-state index contributed by atoms with van der Waals surface area (Å²) in [6.45, 7) is 0. The van der Waals surface area contributed by atoms with Crippen molar-refractivity contribution in [1.29, 1.82) is 0 Å². The molecule has 2 nitrogen and oxygen atoms in total. The molecule has 1 heterocycles. The van der Waals surface area contributed by atoms with E-state index in [-0.39, 0.29) is 0 Å². The van der Waals surface area contributed by atoms with Crippen molar-refractivity contribution >= 4 is 48.9 Å². The van der Waals surface area contributed by atoms with Crippen molar-refractivity contribution in [2.75, 3.05) is 5.32 Å². The van der Waals surface area contributed by atoms with Gasteiger partial charge in [-0.3, -0.25) is 0 Å². The van der Waals surface area contributed by atoms with Crippen molar-refractivity contribution in [3.05, 3.63) is 76.6 Å². The Bertz CT molecular complexity index is 978. The van der Waals surface area contributed by atoms with Crippen molar-refractivity contribution in [1.82, 2.24) is 4.98 Å². The number of hydrogen-bond donors (Lipinski definition) is 1. The molecule has 1 aromatic heterocycles. The topological polar surface area (TPSA) is 24.9 Å². The predicted molar refractivity (Wildman–Crippen MR) is 102 cm³/mol. The van der Waals surface area contributed by atoms with Crippen LogP contribution < -0.4 is 5.32 Å². The number of anilines is 2. The molecule has 0 saturated carbocycles. The molecule has 4 heteroatoms. The van der Waals surface area contributed by atoms with Gasteiger partial charge in [-0.2, -0.15) is 0 Å². The summed E-state index contributed by atoms with van der Waals surface area (Å²) in [7, 11) is 0. The van der Waals surface area contributed by atoms with Gasteiger partial charge in [-0.25, -0.2) is 4.98 Å². The minimum atomic E-state index is 0.895.